The molecule has 0 radical (unpaired) electrons. The molecule has 2 N–H and O–H groups in total. The van der Waals surface area contributed by atoms with Crippen LogP contribution in [0, 0.1) is 0 Å². The maximum Gasteiger partial charge on any atom is 0.407 e. The average Bonchev–Trinajstić information content (AvgIpc) is 3.28. The normalized spacial score (nSPS) is 13.8. The number of amides is 2. The number of benzene rings is 1. The standard InChI is InChI=1S/C22H29N3O4/c1-4-11-23-21(26)29-20(14-28-22(27)24-15(3)5-2)17-10-12-25-18-9-7-6-8-16(18)13-19(17)25/h6-10,12,15,20H,4-5,11,13-14H2,1-3H3,(H,23,26)(H,24,27). The van der Waals surface area contributed by atoms with Crippen molar-refractivity contribution < 1.29 is 19.1 Å². The van der Waals surface area contributed by atoms with Gasteiger partial charge in [0.2, 0.25) is 0 Å². The van der Waals surface area contributed by atoms with Gasteiger partial charge in [0.25, 0.3) is 0 Å². The summed E-state index contributed by atoms with van der Waals surface area (Å²) in [6.45, 7) is 6.34. The molecule has 2 atom stereocenters. The Morgan fingerprint density at radius 3 is 2.72 bits per heavy atom. The Kier molecular flexibility index (Phi) is 6.80. The summed E-state index contributed by atoms with van der Waals surface area (Å²) >= 11 is 0. The van der Waals surface area contributed by atoms with E-state index in [9.17, 15) is 9.59 Å². The highest BCUT2D eigenvalue weighted by molar-refractivity contribution is 5.68. The van der Waals surface area contributed by atoms with Crippen LogP contribution in [-0.2, 0) is 15.9 Å². The molecule has 2 aromatic rings. The second kappa shape index (κ2) is 9.49. The van der Waals surface area contributed by atoms with Gasteiger partial charge in [0.1, 0.15) is 6.61 Å². The summed E-state index contributed by atoms with van der Waals surface area (Å²) < 4.78 is 13.1. The molecular formula is C22H29N3O4. The van der Waals surface area contributed by atoms with Gasteiger partial charge >= 0.3 is 12.2 Å². The molecule has 29 heavy (non-hydrogen) atoms. The lowest BCUT2D eigenvalue weighted by Crippen LogP contribution is -2.34. The van der Waals surface area contributed by atoms with Crippen molar-refractivity contribution in [1.29, 1.82) is 0 Å². The molecule has 7 heteroatoms. The van der Waals surface area contributed by atoms with E-state index in [-0.39, 0.29) is 12.6 Å². The van der Waals surface area contributed by atoms with E-state index in [0.717, 1.165) is 36.2 Å². The first-order valence-electron chi connectivity index (χ1n) is 10.2. The predicted octanol–water partition coefficient (Wildman–Crippen LogP) is 4.08. The first-order chi connectivity index (χ1) is 14.0. The highest BCUT2D eigenvalue weighted by Crippen LogP contribution is 2.34. The van der Waals surface area contributed by atoms with Crippen LogP contribution in [0.5, 0.6) is 0 Å². The molecule has 0 spiro atoms. The number of hydrogen-bond acceptors (Lipinski definition) is 4. The third-order valence-electron chi connectivity index (χ3n) is 5.09. The molecule has 0 bridgehead atoms. The van der Waals surface area contributed by atoms with Gasteiger partial charge in [0.15, 0.2) is 6.10 Å². The molecule has 0 fully saturated rings. The SMILES string of the molecule is CCCNC(=O)OC(COC(=O)NC(C)CC)c1ccn2c1Cc1ccccc1-2. The zero-order valence-corrected chi connectivity index (χ0v) is 17.2. The Bertz CT molecular complexity index is 861. The van der Waals surface area contributed by atoms with E-state index in [1.807, 2.05) is 45.2 Å². The summed E-state index contributed by atoms with van der Waals surface area (Å²) in [7, 11) is 0. The fraction of sp³-hybridized carbons (Fsp3) is 0.455. The molecule has 2 heterocycles. The van der Waals surface area contributed by atoms with Crippen LogP contribution >= 0.6 is 0 Å². The quantitative estimate of drug-likeness (QED) is 0.598. The van der Waals surface area contributed by atoms with E-state index >= 15 is 0 Å². The van der Waals surface area contributed by atoms with Gasteiger partial charge < -0.3 is 24.7 Å². The zero-order valence-electron chi connectivity index (χ0n) is 17.2. The van der Waals surface area contributed by atoms with Crippen LogP contribution in [0.1, 0.15) is 56.5 Å². The molecule has 0 saturated carbocycles. The molecule has 0 saturated heterocycles. The lowest BCUT2D eigenvalue weighted by Gasteiger charge is -2.20. The molecule has 1 aliphatic rings. The third-order valence-corrected chi connectivity index (χ3v) is 5.09. The van der Waals surface area contributed by atoms with Crippen LogP contribution in [-0.4, -0.2) is 35.9 Å². The summed E-state index contributed by atoms with van der Waals surface area (Å²) in [5, 5.41) is 5.48. The molecule has 1 aliphatic heterocycles. The number of carbonyl (C=O) groups excluding carboxylic acids is 2. The van der Waals surface area contributed by atoms with Crippen LogP contribution < -0.4 is 10.6 Å². The third kappa shape index (κ3) is 4.91. The Labute approximate surface area is 171 Å². The summed E-state index contributed by atoms with van der Waals surface area (Å²) in [5.41, 5.74) is 4.24. The number of para-hydroxylation sites is 1. The van der Waals surface area contributed by atoms with Gasteiger partial charge in [-0.1, -0.05) is 32.0 Å². The number of hydrogen-bond donors (Lipinski definition) is 2. The molecule has 1 aromatic carbocycles. The minimum atomic E-state index is -0.680. The largest absolute Gasteiger partial charge is 0.445 e. The number of nitrogens with one attached hydrogen (secondary N) is 2. The number of nitrogens with zero attached hydrogens (tertiary/aromatic N) is 1. The fourth-order valence-corrected chi connectivity index (χ4v) is 3.34. The van der Waals surface area contributed by atoms with Crippen molar-refractivity contribution in [2.24, 2.45) is 0 Å². The molecule has 2 unspecified atom stereocenters. The Balaban J connectivity index is 1.76. The maximum absolute atomic E-state index is 12.2. The Hall–Kier alpha value is -2.96. The van der Waals surface area contributed by atoms with Gasteiger partial charge in [-0.15, -0.1) is 0 Å². The van der Waals surface area contributed by atoms with Crippen LogP contribution in [0.2, 0.25) is 0 Å². The molecule has 156 valence electrons. The van der Waals surface area contributed by atoms with Crippen LogP contribution in [0.15, 0.2) is 36.5 Å². The van der Waals surface area contributed by atoms with E-state index in [1.165, 1.54) is 5.56 Å². The number of rotatable bonds is 8. The van der Waals surface area contributed by atoms with Crippen molar-refractivity contribution in [3.63, 3.8) is 0 Å². The highest BCUT2D eigenvalue weighted by Gasteiger charge is 2.28. The average molecular weight is 399 g/mol. The van der Waals surface area contributed by atoms with Gasteiger partial charge in [0, 0.05) is 42.1 Å². The fourth-order valence-electron chi connectivity index (χ4n) is 3.34. The summed E-state index contributed by atoms with van der Waals surface area (Å²) in [6.07, 6.45) is 2.62. The monoisotopic (exact) mass is 399 g/mol. The van der Waals surface area contributed by atoms with Crippen LogP contribution in [0.4, 0.5) is 9.59 Å². The number of carbonyl (C=O) groups is 2. The summed E-state index contributed by atoms with van der Waals surface area (Å²) in [5.74, 6) is 0. The topological polar surface area (TPSA) is 81.6 Å². The van der Waals surface area contributed by atoms with Gasteiger partial charge in [0.05, 0.1) is 0 Å². The minimum absolute atomic E-state index is 0.0166. The molecule has 1 aromatic heterocycles. The zero-order chi connectivity index (χ0) is 20.8. The smallest absolute Gasteiger partial charge is 0.407 e. The van der Waals surface area contributed by atoms with E-state index < -0.39 is 18.3 Å². The molecule has 3 rings (SSSR count). The van der Waals surface area contributed by atoms with Gasteiger partial charge in [-0.25, -0.2) is 9.59 Å². The first kappa shape index (κ1) is 20.8. The second-order valence-electron chi connectivity index (χ2n) is 7.27. The van der Waals surface area contributed by atoms with Crippen molar-refractivity contribution in [1.82, 2.24) is 15.2 Å². The Morgan fingerprint density at radius 2 is 1.97 bits per heavy atom. The predicted molar refractivity (Wildman–Crippen MR) is 110 cm³/mol. The molecule has 0 aliphatic carbocycles. The van der Waals surface area contributed by atoms with Crippen molar-refractivity contribution >= 4 is 12.2 Å². The molecular weight excluding hydrogens is 370 g/mol. The van der Waals surface area contributed by atoms with Gasteiger partial charge in [-0.3, -0.25) is 0 Å². The molecule has 2 amide bonds. The van der Waals surface area contributed by atoms with E-state index in [1.54, 1.807) is 0 Å². The maximum atomic E-state index is 12.2. The van der Waals surface area contributed by atoms with Crippen LogP contribution in [0.3, 0.4) is 0 Å². The van der Waals surface area contributed by atoms with Crippen molar-refractivity contribution in [3.05, 3.63) is 53.3 Å². The van der Waals surface area contributed by atoms with E-state index in [2.05, 4.69) is 27.3 Å². The van der Waals surface area contributed by atoms with Gasteiger partial charge in [-0.2, -0.15) is 0 Å². The Morgan fingerprint density at radius 1 is 1.17 bits per heavy atom. The first-order valence-corrected chi connectivity index (χ1v) is 10.2. The van der Waals surface area contributed by atoms with Crippen molar-refractivity contribution in [2.75, 3.05) is 13.2 Å². The number of ether oxygens (including phenoxy) is 2. The number of fused-ring (bicyclic) bond motifs is 3. The highest BCUT2D eigenvalue weighted by atomic mass is 16.6. The van der Waals surface area contributed by atoms with E-state index in [4.69, 9.17) is 9.47 Å². The second-order valence-corrected chi connectivity index (χ2v) is 7.27. The lowest BCUT2D eigenvalue weighted by atomic mass is 10.1. The van der Waals surface area contributed by atoms with Crippen molar-refractivity contribution in [3.8, 4) is 5.69 Å². The van der Waals surface area contributed by atoms with Gasteiger partial charge in [-0.05, 0) is 37.5 Å². The molecule has 7 nitrogen and oxygen atoms in total. The summed E-state index contributed by atoms with van der Waals surface area (Å²) in [4.78, 5) is 24.3. The summed E-state index contributed by atoms with van der Waals surface area (Å²) in [6, 6.07) is 10.1. The number of alkyl carbamates (subject to hydrolysis) is 2. The minimum Gasteiger partial charge on any atom is -0.445 e. The van der Waals surface area contributed by atoms with Crippen LogP contribution in [0.25, 0.3) is 5.69 Å². The lowest BCUT2D eigenvalue weighted by molar-refractivity contribution is 0.0425. The number of aromatic nitrogens is 1. The van der Waals surface area contributed by atoms with Crippen molar-refractivity contribution in [2.45, 2.75) is 52.2 Å². The van der Waals surface area contributed by atoms with E-state index in [0.29, 0.717) is 6.54 Å².